The first-order valence-corrected chi connectivity index (χ1v) is 13.0. The van der Waals surface area contributed by atoms with Gasteiger partial charge in [-0.15, -0.1) is 10.2 Å². The topological polar surface area (TPSA) is 139 Å². The third kappa shape index (κ3) is 4.84. The SMILES string of the molecule is CCOc1cc([N+](=O)[O-])c(OCC)cc1NC(=O)CSc1nnc2c(C)cc3cc4c(cc3n12)OCCO4. The Morgan fingerprint density at radius 3 is 2.50 bits per heavy atom. The zero-order chi connectivity index (χ0) is 26.8. The number of nitro groups is 1. The second-order valence-corrected chi connectivity index (χ2v) is 9.24. The van der Waals surface area contributed by atoms with E-state index in [0.717, 1.165) is 16.5 Å². The number of anilines is 1. The molecule has 0 bridgehead atoms. The van der Waals surface area contributed by atoms with Crippen LogP contribution in [-0.4, -0.2) is 57.6 Å². The largest absolute Gasteiger partial charge is 0.491 e. The van der Waals surface area contributed by atoms with Crippen LogP contribution in [0.15, 0.2) is 35.5 Å². The van der Waals surface area contributed by atoms with Crippen molar-refractivity contribution in [1.29, 1.82) is 0 Å². The molecule has 2 aromatic carbocycles. The van der Waals surface area contributed by atoms with Gasteiger partial charge in [0.15, 0.2) is 28.1 Å². The van der Waals surface area contributed by atoms with E-state index in [-0.39, 0.29) is 47.7 Å². The highest BCUT2D eigenvalue weighted by molar-refractivity contribution is 7.99. The van der Waals surface area contributed by atoms with Crippen LogP contribution >= 0.6 is 11.8 Å². The van der Waals surface area contributed by atoms with E-state index < -0.39 is 4.92 Å². The van der Waals surface area contributed by atoms with Gasteiger partial charge in [-0.1, -0.05) is 11.8 Å². The van der Waals surface area contributed by atoms with E-state index >= 15 is 0 Å². The highest BCUT2D eigenvalue weighted by Crippen LogP contribution is 2.39. The number of benzene rings is 2. The van der Waals surface area contributed by atoms with Crippen LogP contribution in [0.25, 0.3) is 16.6 Å². The predicted octanol–water partition coefficient (Wildman–Crippen LogP) is 4.40. The van der Waals surface area contributed by atoms with Crippen molar-refractivity contribution in [2.24, 2.45) is 0 Å². The summed E-state index contributed by atoms with van der Waals surface area (Å²) in [6, 6.07) is 8.49. The number of nitrogens with one attached hydrogen (secondary N) is 1. The summed E-state index contributed by atoms with van der Waals surface area (Å²) in [7, 11) is 0. The van der Waals surface area contributed by atoms with E-state index in [2.05, 4.69) is 15.5 Å². The second-order valence-electron chi connectivity index (χ2n) is 8.30. The fourth-order valence-corrected chi connectivity index (χ4v) is 4.93. The first-order valence-electron chi connectivity index (χ1n) is 12.0. The lowest BCUT2D eigenvalue weighted by Gasteiger charge is -2.19. The molecule has 1 N–H and O–H groups in total. The number of thioether (sulfide) groups is 1. The first-order chi connectivity index (χ1) is 18.4. The van der Waals surface area contributed by atoms with Gasteiger partial charge in [0.05, 0.1) is 41.2 Å². The highest BCUT2D eigenvalue weighted by atomic mass is 32.2. The summed E-state index contributed by atoms with van der Waals surface area (Å²) >= 11 is 1.21. The van der Waals surface area contributed by atoms with E-state index in [9.17, 15) is 14.9 Å². The van der Waals surface area contributed by atoms with Crippen molar-refractivity contribution in [2.45, 2.75) is 25.9 Å². The van der Waals surface area contributed by atoms with Crippen LogP contribution in [0.5, 0.6) is 23.0 Å². The fraction of sp³-hybridized carbons (Fsp3) is 0.320. The molecule has 38 heavy (non-hydrogen) atoms. The quantitative estimate of drug-likeness (QED) is 0.185. The molecule has 0 fully saturated rings. The van der Waals surface area contributed by atoms with Gasteiger partial charge in [0.1, 0.15) is 19.0 Å². The average Bonchev–Trinajstić information content (AvgIpc) is 3.33. The maximum absolute atomic E-state index is 13.0. The summed E-state index contributed by atoms with van der Waals surface area (Å²) in [6.45, 7) is 6.87. The molecule has 0 saturated carbocycles. The molecule has 0 saturated heterocycles. The Hall–Kier alpha value is -4.26. The molecule has 1 amide bonds. The fourth-order valence-electron chi connectivity index (χ4n) is 4.19. The summed E-state index contributed by atoms with van der Waals surface area (Å²) in [5.41, 5.74) is 2.47. The number of aryl methyl sites for hydroxylation is 1. The van der Waals surface area contributed by atoms with Gasteiger partial charge in [0, 0.05) is 17.5 Å². The Bertz CT molecular complexity index is 1550. The van der Waals surface area contributed by atoms with Crippen LogP contribution in [0, 0.1) is 17.0 Å². The number of hydrogen-bond acceptors (Lipinski definition) is 10. The first kappa shape index (κ1) is 25.4. The van der Waals surface area contributed by atoms with Crippen molar-refractivity contribution in [1.82, 2.24) is 14.6 Å². The maximum Gasteiger partial charge on any atom is 0.314 e. The van der Waals surface area contributed by atoms with Crippen LogP contribution in [0.4, 0.5) is 11.4 Å². The molecule has 3 heterocycles. The minimum Gasteiger partial charge on any atom is -0.491 e. The third-order valence-electron chi connectivity index (χ3n) is 5.75. The van der Waals surface area contributed by atoms with Crippen LogP contribution in [0.1, 0.15) is 19.4 Å². The molecular formula is C25H25N5O7S. The van der Waals surface area contributed by atoms with Crippen LogP contribution in [0.2, 0.25) is 0 Å². The smallest absolute Gasteiger partial charge is 0.314 e. The number of nitrogens with zero attached hydrogens (tertiary/aromatic N) is 4. The van der Waals surface area contributed by atoms with Gasteiger partial charge in [0.2, 0.25) is 5.91 Å². The molecule has 2 aromatic heterocycles. The molecule has 5 rings (SSSR count). The van der Waals surface area contributed by atoms with Gasteiger partial charge in [-0.05, 0) is 38.5 Å². The number of carbonyl (C=O) groups excluding carboxylic acids is 1. The summed E-state index contributed by atoms with van der Waals surface area (Å²) in [6.07, 6.45) is 0. The summed E-state index contributed by atoms with van der Waals surface area (Å²) in [5, 5.41) is 24.4. The molecule has 198 valence electrons. The molecule has 4 aromatic rings. The molecule has 0 aliphatic carbocycles. The van der Waals surface area contributed by atoms with Crippen molar-refractivity contribution in [3.8, 4) is 23.0 Å². The number of rotatable bonds is 9. The van der Waals surface area contributed by atoms with Gasteiger partial charge in [-0.3, -0.25) is 19.3 Å². The van der Waals surface area contributed by atoms with Crippen molar-refractivity contribution >= 4 is 45.6 Å². The number of aromatic nitrogens is 3. The van der Waals surface area contributed by atoms with Crippen LogP contribution in [-0.2, 0) is 4.79 Å². The molecular weight excluding hydrogens is 514 g/mol. The van der Waals surface area contributed by atoms with E-state index in [1.807, 2.05) is 29.5 Å². The average molecular weight is 540 g/mol. The van der Waals surface area contributed by atoms with Gasteiger partial charge < -0.3 is 24.3 Å². The molecule has 0 radical (unpaired) electrons. The number of nitro benzene ring substituents is 1. The minimum absolute atomic E-state index is 0.00724. The van der Waals surface area contributed by atoms with E-state index in [1.54, 1.807) is 13.8 Å². The van der Waals surface area contributed by atoms with Crippen molar-refractivity contribution in [2.75, 3.05) is 37.5 Å². The Labute approximate surface area is 221 Å². The second kappa shape index (κ2) is 10.6. The van der Waals surface area contributed by atoms with Gasteiger partial charge in [-0.25, -0.2) is 0 Å². The number of ether oxygens (including phenoxy) is 4. The number of pyridine rings is 1. The summed E-state index contributed by atoms with van der Waals surface area (Å²) in [5.74, 6) is 1.21. The highest BCUT2D eigenvalue weighted by Gasteiger charge is 2.22. The number of carbonyl (C=O) groups is 1. The predicted molar refractivity (Wildman–Crippen MR) is 141 cm³/mol. The normalized spacial score (nSPS) is 12.5. The van der Waals surface area contributed by atoms with Crippen molar-refractivity contribution in [3.05, 3.63) is 46.0 Å². The Balaban J connectivity index is 1.42. The lowest BCUT2D eigenvalue weighted by molar-refractivity contribution is -0.385. The van der Waals surface area contributed by atoms with Gasteiger partial charge in [-0.2, -0.15) is 0 Å². The standard InChI is InChI=1S/C25H25N5O7S/c1-4-34-19-12-18(30(32)33)20(35-5-2)10-16(19)26-23(31)13-38-25-28-27-24-14(3)8-15-9-21-22(37-7-6-36-21)11-17(15)29(24)25/h8-12H,4-7,13H2,1-3H3,(H,26,31). The molecule has 13 heteroatoms. The number of fused-ring (bicyclic) bond motifs is 4. The molecule has 12 nitrogen and oxygen atoms in total. The van der Waals surface area contributed by atoms with Crippen molar-refractivity contribution < 1.29 is 28.7 Å². The monoisotopic (exact) mass is 539 g/mol. The van der Waals surface area contributed by atoms with Gasteiger partial charge in [0.25, 0.3) is 0 Å². The van der Waals surface area contributed by atoms with Crippen molar-refractivity contribution in [3.63, 3.8) is 0 Å². The molecule has 0 spiro atoms. The lowest BCUT2D eigenvalue weighted by atomic mass is 10.1. The minimum atomic E-state index is -0.550. The van der Waals surface area contributed by atoms with E-state index in [1.165, 1.54) is 23.9 Å². The molecule has 0 unspecified atom stereocenters. The molecule has 0 atom stereocenters. The summed E-state index contributed by atoms with van der Waals surface area (Å²) in [4.78, 5) is 23.9. The number of hydrogen-bond donors (Lipinski definition) is 1. The Kier molecular flexibility index (Phi) is 7.09. The number of amides is 1. The molecule has 1 aliphatic rings. The summed E-state index contributed by atoms with van der Waals surface area (Å²) < 4.78 is 24.3. The van der Waals surface area contributed by atoms with E-state index in [4.69, 9.17) is 18.9 Å². The lowest BCUT2D eigenvalue weighted by Crippen LogP contribution is -2.16. The zero-order valence-corrected chi connectivity index (χ0v) is 21.8. The zero-order valence-electron chi connectivity index (χ0n) is 21.0. The third-order valence-corrected chi connectivity index (χ3v) is 6.68. The molecule has 1 aliphatic heterocycles. The van der Waals surface area contributed by atoms with Crippen LogP contribution in [0.3, 0.4) is 0 Å². The Morgan fingerprint density at radius 2 is 1.79 bits per heavy atom. The van der Waals surface area contributed by atoms with Crippen LogP contribution < -0.4 is 24.3 Å². The van der Waals surface area contributed by atoms with Gasteiger partial charge >= 0.3 is 5.69 Å². The maximum atomic E-state index is 13.0. The Morgan fingerprint density at radius 1 is 1.08 bits per heavy atom. The van der Waals surface area contributed by atoms with E-state index in [0.29, 0.717) is 35.5 Å².